The van der Waals surface area contributed by atoms with Gasteiger partial charge in [0, 0.05) is 17.3 Å². The highest BCUT2D eigenvalue weighted by Crippen LogP contribution is 2.12. The molecule has 112 valence electrons. The average Bonchev–Trinajstić information content (AvgIpc) is 2.38. The first kappa shape index (κ1) is 16.5. The molecule has 0 saturated carbocycles. The molecule has 0 spiro atoms. The Bertz CT molecular complexity index is 550. The van der Waals surface area contributed by atoms with E-state index in [2.05, 4.69) is 10.0 Å². The third-order valence-electron chi connectivity index (χ3n) is 3.16. The van der Waals surface area contributed by atoms with Gasteiger partial charge in [-0.2, -0.15) is 0 Å². The van der Waals surface area contributed by atoms with Crippen molar-refractivity contribution in [3.05, 3.63) is 29.8 Å². The minimum absolute atomic E-state index is 0.0150. The number of rotatable bonds is 6. The fraction of sp³-hybridized carbons (Fsp3) is 0.500. The Hall–Kier alpha value is -1.56. The highest BCUT2D eigenvalue weighted by Gasteiger charge is 2.13. The van der Waals surface area contributed by atoms with Crippen molar-refractivity contribution in [1.82, 2.24) is 5.32 Å². The van der Waals surface area contributed by atoms with Gasteiger partial charge in [0.2, 0.25) is 10.0 Å². The molecule has 1 rings (SSSR count). The van der Waals surface area contributed by atoms with Crippen LogP contribution in [-0.4, -0.2) is 26.1 Å². The van der Waals surface area contributed by atoms with Gasteiger partial charge < -0.3 is 5.32 Å². The molecular formula is C14H22N2O3S. The zero-order valence-electron chi connectivity index (χ0n) is 12.3. The van der Waals surface area contributed by atoms with Gasteiger partial charge in [-0.05, 0) is 44.0 Å². The quantitative estimate of drug-likeness (QED) is 0.845. The number of nitrogens with one attached hydrogen (secondary N) is 2. The van der Waals surface area contributed by atoms with Crippen LogP contribution >= 0.6 is 0 Å². The molecular weight excluding hydrogens is 276 g/mol. The Labute approximate surface area is 120 Å². The molecule has 0 fully saturated rings. The first-order valence-corrected chi connectivity index (χ1v) is 8.32. The van der Waals surface area contributed by atoms with Gasteiger partial charge in [-0.25, -0.2) is 8.42 Å². The van der Waals surface area contributed by atoms with Crippen molar-refractivity contribution < 1.29 is 13.2 Å². The lowest BCUT2D eigenvalue weighted by atomic mass is 10.1. The minimum atomic E-state index is -3.29. The Morgan fingerprint density at radius 2 is 1.70 bits per heavy atom. The molecule has 0 saturated heterocycles. The summed E-state index contributed by atoms with van der Waals surface area (Å²) in [5, 5.41) is 2.90. The number of hydrogen-bond donors (Lipinski definition) is 2. The molecule has 0 radical (unpaired) electrons. The lowest BCUT2D eigenvalue weighted by molar-refractivity contribution is 0.0930. The zero-order valence-corrected chi connectivity index (χ0v) is 13.1. The van der Waals surface area contributed by atoms with Crippen LogP contribution in [0.25, 0.3) is 0 Å². The molecule has 0 unspecified atom stereocenters. The average molecular weight is 298 g/mol. The summed E-state index contributed by atoms with van der Waals surface area (Å²) in [6, 6.07) is 6.47. The molecule has 0 bridgehead atoms. The lowest BCUT2D eigenvalue weighted by Crippen LogP contribution is -2.36. The molecule has 20 heavy (non-hydrogen) atoms. The van der Waals surface area contributed by atoms with Crippen LogP contribution in [0.1, 0.15) is 38.1 Å². The minimum Gasteiger partial charge on any atom is -0.349 e. The Morgan fingerprint density at radius 1 is 1.15 bits per heavy atom. The van der Waals surface area contributed by atoms with E-state index in [9.17, 15) is 13.2 Å². The summed E-state index contributed by atoms with van der Waals surface area (Å²) < 4.78 is 25.3. The number of benzene rings is 1. The molecule has 0 aromatic heterocycles. The summed E-state index contributed by atoms with van der Waals surface area (Å²) in [6.07, 6.45) is 0. The summed E-state index contributed by atoms with van der Waals surface area (Å²) >= 11 is 0. The molecule has 1 aromatic rings. The van der Waals surface area contributed by atoms with Gasteiger partial charge >= 0.3 is 0 Å². The second-order valence-electron chi connectivity index (χ2n) is 5.09. The van der Waals surface area contributed by atoms with Gasteiger partial charge in [0.15, 0.2) is 0 Å². The van der Waals surface area contributed by atoms with Gasteiger partial charge in [0.25, 0.3) is 5.91 Å². The SMILES string of the molecule is CCS(=O)(=O)Nc1ccc(C(=O)N[C@H](C)C(C)C)cc1. The summed E-state index contributed by atoms with van der Waals surface area (Å²) in [7, 11) is -3.29. The monoisotopic (exact) mass is 298 g/mol. The van der Waals surface area contributed by atoms with Crippen molar-refractivity contribution in [2.24, 2.45) is 5.92 Å². The molecule has 5 nitrogen and oxygen atoms in total. The molecule has 0 aliphatic carbocycles. The van der Waals surface area contributed by atoms with Crippen LogP contribution in [0.3, 0.4) is 0 Å². The van der Waals surface area contributed by atoms with Gasteiger partial charge in [-0.15, -0.1) is 0 Å². The fourth-order valence-electron chi connectivity index (χ4n) is 1.40. The van der Waals surface area contributed by atoms with Crippen molar-refractivity contribution in [2.45, 2.75) is 33.7 Å². The van der Waals surface area contributed by atoms with Crippen LogP contribution in [0.5, 0.6) is 0 Å². The van der Waals surface area contributed by atoms with Crippen molar-refractivity contribution in [3.63, 3.8) is 0 Å². The number of carbonyl (C=O) groups excluding carboxylic acids is 1. The van der Waals surface area contributed by atoms with Crippen LogP contribution < -0.4 is 10.0 Å². The molecule has 1 atom stereocenters. The third-order valence-corrected chi connectivity index (χ3v) is 4.47. The summed E-state index contributed by atoms with van der Waals surface area (Å²) in [6.45, 7) is 7.59. The van der Waals surface area contributed by atoms with E-state index < -0.39 is 10.0 Å². The van der Waals surface area contributed by atoms with Gasteiger partial charge in [0.05, 0.1) is 5.75 Å². The van der Waals surface area contributed by atoms with E-state index in [0.717, 1.165) is 0 Å². The van der Waals surface area contributed by atoms with Crippen molar-refractivity contribution >= 4 is 21.6 Å². The second-order valence-corrected chi connectivity index (χ2v) is 7.10. The highest BCUT2D eigenvalue weighted by molar-refractivity contribution is 7.92. The maximum Gasteiger partial charge on any atom is 0.251 e. The Morgan fingerprint density at radius 3 is 2.15 bits per heavy atom. The number of amides is 1. The molecule has 6 heteroatoms. The Balaban J connectivity index is 2.74. The molecule has 0 aliphatic heterocycles. The molecule has 1 aromatic carbocycles. The van der Waals surface area contributed by atoms with Crippen LogP contribution in [0.15, 0.2) is 24.3 Å². The fourth-order valence-corrected chi connectivity index (χ4v) is 2.04. The topological polar surface area (TPSA) is 75.3 Å². The van der Waals surface area contributed by atoms with Crippen molar-refractivity contribution in [2.75, 3.05) is 10.5 Å². The second kappa shape index (κ2) is 6.74. The highest BCUT2D eigenvalue weighted by atomic mass is 32.2. The summed E-state index contributed by atoms with van der Waals surface area (Å²) in [5.41, 5.74) is 0.970. The van der Waals surface area contributed by atoms with Gasteiger partial charge in [-0.3, -0.25) is 9.52 Å². The maximum absolute atomic E-state index is 12.0. The van der Waals surface area contributed by atoms with E-state index in [4.69, 9.17) is 0 Å². The molecule has 0 heterocycles. The standard InChI is InChI=1S/C14H22N2O3S/c1-5-20(18,19)16-13-8-6-12(7-9-13)14(17)15-11(4)10(2)3/h6-11,16H,5H2,1-4H3,(H,15,17)/t11-/m1/s1. The lowest BCUT2D eigenvalue weighted by Gasteiger charge is -2.17. The van der Waals surface area contributed by atoms with Crippen LogP contribution in [0, 0.1) is 5.92 Å². The zero-order chi connectivity index (χ0) is 15.3. The van der Waals surface area contributed by atoms with E-state index in [1.807, 2.05) is 20.8 Å². The number of sulfonamides is 1. The largest absolute Gasteiger partial charge is 0.349 e. The van der Waals surface area contributed by atoms with Crippen molar-refractivity contribution in [3.8, 4) is 0 Å². The summed E-state index contributed by atoms with van der Waals surface area (Å²) in [4.78, 5) is 12.0. The number of carbonyl (C=O) groups is 1. The molecule has 2 N–H and O–H groups in total. The number of hydrogen-bond acceptors (Lipinski definition) is 3. The van der Waals surface area contributed by atoms with Crippen molar-refractivity contribution in [1.29, 1.82) is 0 Å². The number of anilines is 1. The maximum atomic E-state index is 12.0. The van der Waals surface area contributed by atoms with E-state index in [1.165, 1.54) is 0 Å². The Kier molecular flexibility index (Phi) is 5.56. The van der Waals surface area contributed by atoms with Gasteiger partial charge in [0.1, 0.15) is 0 Å². The smallest absolute Gasteiger partial charge is 0.251 e. The van der Waals surface area contributed by atoms with E-state index in [0.29, 0.717) is 17.2 Å². The van der Waals surface area contributed by atoms with Crippen LogP contribution in [0.2, 0.25) is 0 Å². The molecule has 1 amide bonds. The van der Waals surface area contributed by atoms with Gasteiger partial charge in [-0.1, -0.05) is 13.8 Å². The van der Waals surface area contributed by atoms with Crippen LogP contribution in [0.4, 0.5) is 5.69 Å². The summed E-state index contributed by atoms with van der Waals surface area (Å²) in [5.74, 6) is 0.215. The van der Waals surface area contributed by atoms with E-state index in [1.54, 1.807) is 31.2 Å². The predicted octanol–water partition coefficient (Wildman–Crippen LogP) is 2.22. The predicted molar refractivity (Wildman–Crippen MR) is 81.3 cm³/mol. The molecule has 0 aliphatic rings. The first-order valence-electron chi connectivity index (χ1n) is 6.66. The third kappa shape index (κ3) is 4.85. The first-order chi connectivity index (χ1) is 9.25. The van der Waals surface area contributed by atoms with E-state index >= 15 is 0 Å². The van der Waals surface area contributed by atoms with Crippen LogP contribution in [-0.2, 0) is 10.0 Å². The normalized spacial score (nSPS) is 13.1. The van der Waals surface area contributed by atoms with E-state index in [-0.39, 0.29) is 17.7 Å².